The van der Waals surface area contributed by atoms with E-state index in [4.69, 9.17) is 21.1 Å². The Balaban J connectivity index is 2.51. The molecule has 0 unspecified atom stereocenters. The summed E-state index contributed by atoms with van der Waals surface area (Å²) in [5.41, 5.74) is 0.351. The first-order valence-corrected chi connectivity index (χ1v) is 9.46. The fraction of sp³-hybridized carbons (Fsp3) is 0.222. The molecule has 0 bridgehead atoms. The molecule has 0 atom stereocenters. The summed E-state index contributed by atoms with van der Waals surface area (Å²) in [6.45, 7) is 6.10. The van der Waals surface area contributed by atoms with Gasteiger partial charge in [0.25, 0.3) is 10.0 Å². The summed E-state index contributed by atoms with van der Waals surface area (Å²) in [5.74, 6) is 1.01. The van der Waals surface area contributed by atoms with Crippen LogP contribution in [0.25, 0.3) is 0 Å². The van der Waals surface area contributed by atoms with Crippen molar-refractivity contribution in [2.45, 2.75) is 11.8 Å². The van der Waals surface area contributed by atoms with Gasteiger partial charge >= 0.3 is 0 Å². The van der Waals surface area contributed by atoms with Crippen LogP contribution in [-0.4, -0.2) is 28.7 Å². The van der Waals surface area contributed by atoms with E-state index in [-0.39, 0.29) is 11.4 Å². The second kappa shape index (κ2) is 8.27. The van der Waals surface area contributed by atoms with E-state index in [1.54, 1.807) is 30.3 Å². The predicted molar refractivity (Wildman–Crippen MR) is 100 cm³/mol. The Morgan fingerprint density at radius 1 is 1.20 bits per heavy atom. The maximum atomic E-state index is 13.1. The van der Waals surface area contributed by atoms with Crippen LogP contribution in [0, 0.1) is 0 Å². The SMILES string of the molecule is C=CCN(c1cc(Cl)ccc1OC)S(=O)(=O)c1ccc(OCC)cc1. The minimum atomic E-state index is -3.83. The average molecular weight is 382 g/mol. The lowest BCUT2D eigenvalue weighted by Gasteiger charge is -2.25. The zero-order valence-electron chi connectivity index (χ0n) is 14.1. The molecule has 0 aliphatic rings. The molecule has 7 heteroatoms. The van der Waals surface area contributed by atoms with Gasteiger partial charge in [0.15, 0.2) is 0 Å². The Morgan fingerprint density at radius 3 is 2.44 bits per heavy atom. The molecule has 25 heavy (non-hydrogen) atoms. The lowest BCUT2D eigenvalue weighted by molar-refractivity contribution is 0.340. The zero-order valence-corrected chi connectivity index (χ0v) is 15.7. The van der Waals surface area contributed by atoms with Crippen molar-refractivity contribution in [2.75, 3.05) is 24.6 Å². The standard InChI is InChI=1S/C18H20ClNO4S/c1-4-12-20(17-13-14(19)6-11-18(17)23-3)25(21,22)16-9-7-15(8-10-16)24-5-2/h4,6-11,13H,1,5,12H2,2-3H3. The van der Waals surface area contributed by atoms with Crippen LogP contribution in [0.3, 0.4) is 0 Å². The van der Waals surface area contributed by atoms with Crippen LogP contribution in [0.4, 0.5) is 5.69 Å². The number of benzene rings is 2. The second-order valence-electron chi connectivity index (χ2n) is 5.05. The molecule has 5 nitrogen and oxygen atoms in total. The minimum absolute atomic E-state index is 0.0756. The van der Waals surface area contributed by atoms with Crippen molar-refractivity contribution in [2.24, 2.45) is 0 Å². The molecular weight excluding hydrogens is 362 g/mol. The van der Waals surface area contributed by atoms with Gasteiger partial charge in [-0.05, 0) is 49.4 Å². The first kappa shape index (κ1) is 19.1. The molecule has 2 aromatic carbocycles. The van der Waals surface area contributed by atoms with E-state index in [0.29, 0.717) is 28.8 Å². The van der Waals surface area contributed by atoms with Gasteiger partial charge in [0.1, 0.15) is 11.5 Å². The minimum Gasteiger partial charge on any atom is -0.495 e. The van der Waals surface area contributed by atoms with Gasteiger partial charge in [-0.25, -0.2) is 8.42 Å². The Bertz CT molecular complexity index is 835. The molecule has 0 aromatic heterocycles. The summed E-state index contributed by atoms with van der Waals surface area (Å²) in [7, 11) is -2.35. The first-order valence-electron chi connectivity index (χ1n) is 7.64. The number of anilines is 1. The monoisotopic (exact) mass is 381 g/mol. The van der Waals surface area contributed by atoms with Gasteiger partial charge in [0, 0.05) is 5.02 Å². The van der Waals surface area contributed by atoms with E-state index in [1.807, 2.05) is 6.92 Å². The predicted octanol–water partition coefficient (Wildman–Crippen LogP) is 4.13. The summed E-state index contributed by atoms with van der Waals surface area (Å²) in [6, 6.07) is 11.1. The van der Waals surface area contributed by atoms with Gasteiger partial charge < -0.3 is 9.47 Å². The summed E-state index contributed by atoms with van der Waals surface area (Å²) in [4.78, 5) is 0.139. The fourth-order valence-electron chi connectivity index (χ4n) is 2.30. The van der Waals surface area contributed by atoms with E-state index in [0.717, 1.165) is 0 Å². The summed E-state index contributed by atoms with van der Waals surface area (Å²) >= 11 is 6.05. The van der Waals surface area contributed by atoms with Gasteiger partial charge in [0.05, 0.1) is 30.8 Å². The zero-order chi connectivity index (χ0) is 18.4. The van der Waals surface area contributed by atoms with Gasteiger partial charge in [-0.1, -0.05) is 17.7 Å². The molecule has 0 N–H and O–H groups in total. The number of nitrogens with zero attached hydrogens (tertiary/aromatic N) is 1. The van der Waals surface area contributed by atoms with Gasteiger partial charge in [-0.3, -0.25) is 4.31 Å². The van der Waals surface area contributed by atoms with Crippen molar-refractivity contribution >= 4 is 27.3 Å². The van der Waals surface area contributed by atoms with E-state index >= 15 is 0 Å². The molecule has 0 radical (unpaired) electrons. The summed E-state index contributed by atoms with van der Waals surface area (Å²) < 4.78 is 38.1. The Kier molecular flexibility index (Phi) is 6.33. The summed E-state index contributed by atoms with van der Waals surface area (Å²) in [5, 5.41) is 0.409. The third-order valence-electron chi connectivity index (χ3n) is 3.43. The van der Waals surface area contributed by atoms with Crippen molar-refractivity contribution in [1.82, 2.24) is 0 Å². The Hall–Kier alpha value is -2.18. The number of hydrogen-bond donors (Lipinski definition) is 0. The smallest absolute Gasteiger partial charge is 0.264 e. The van der Waals surface area contributed by atoms with Crippen molar-refractivity contribution in [1.29, 1.82) is 0 Å². The molecular formula is C18H20ClNO4S. The van der Waals surface area contributed by atoms with Crippen LogP contribution >= 0.6 is 11.6 Å². The third kappa shape index (κ3) is 4.27. The molecule has 2 rings (SSSR count). The lowest BCUT2D eigenvalue weighted by Crippen LogP contribution is -2.31. The highest BCUT2D eigenvalue weighted by atomic mass is 35.5. The quantitative estimate of drug-likeness (QED) is 0.645. The molecule has 0 fully saturated rings. The van der Waals surface area contributed by atoms with Crippen LogP contribution in [-0.2, 0) is 10.0 Å². The van der Waals surface area contributed by atoms with Crippen LogP contribution in [0.2, 0.25) is 5.02 Å². The van der Waals surface area contributed by atoms with Crippen LogP contribution < -0.4 is 13.8 Å². The highest BCUT2D eigenvalue weighted by molar-refractivity contribution is 7.92. The normalized spacial score (nSPS) is 11.0. The molecule has 0 saturated carbocycles. The topological polar surface area (TPSA) is 55.8 Å². The number of rotatable bonds is 8. The van der Waals surface area contributed by atoms with Crippen LogP contribution in [0.1, 0.15) is 6.92 Å². The number of sulfonamides is 1. The molecule has 0 aliphatic carbocycles. The third-order valence-corrected chi connectivity index (χ3v) is 5.46. The Labute approximate surface area is 153 Å². The number of halogens is 1. The van der Waals surface area contributed by atoms with E-state index < -0.39 is 10.0 Å². The fourth-order valence-corrected chi connectivity index (χ4v) is 3.91. The highest BCUT2D eigenvalue weighted by Gasteiger charge is 2.26. The van der Waals surface area contributed by atoms with Crippen molar-refractivity contribution in [3.63, 3.8) is 0 Å². The van der Waals surface area contributed by atoms with E-state index in [1.165, 1.54) is 29.6 Å². The van der Waals surface area contributed by atoms with E-state index in [9.17, 15) is 8.42 Å². The average Bonchev–Trinajstić information content (AvgIpc) is 2.60. The van der Waals surface area contributed by atoms with Crippen molar-refractivity contribution in [3.8, 4) is 11.5 Å². The number of ether oxygens (including phenoxy) is 2. The number of methoxy groups -OCH3 is 1. The van der Waals surface area contributed by atoms with Gasteiger partial charge in [-0.15, -0.1) is 6.58 Å². The maximum Gasteiger partial charge on any atom is 0.264 e. The van der Waals surface area contributed by atoms with Gasteiger partial charge in [-0.2, -0.15) is 0 Å². The number of hydrogen-bond acceptors (Lipinski definition) is 4. The molecule has 0 spiro atoms. The second-order valence-corrected chi connectivity index (χ2v) is 7.34. The largest absolute Gasteiger partial charge is 0.495 e. The molecule has 0 saturated heterocycles. The molecule has 134 valence electrons. The van der Waals surface area contributed by atoms with Crippen LogP contribution in [0.15, 0.2) is 60.0 Å². The maximum absolute atomic E-state index is 13.1. The van der Waals surface area contributed by atoms with Crippen molar-refractivity contribution < 1.29 is 17.9 Å². The van der Waals surface area contributed by atoms with Crippen molar-refractivity contribution in [3.05, 3.63) is 60.1 Å². The van der Waals surface area contributed by atoms with Gasteiger partial charge in [0.2, 0.25) is 0 Å². The Morgan fingerprint density at radius 2 is 1.88 bits per heavy atom. The van der Waals surface area contributed by atoms with Crippen LogP contribution in [0.5, 0.6) is 11.5 Å². The molecule has 2 aromatic rings. The summed E-state index contributed by atoms with van der Waals surface area (Å²) in [6.07, 6.45) is 1.51. The molecule has 0 aliphatic heterocycles. The lowest BCUT2D eigenvalue weighted by atomic mass is 10.3. The highest BCUT2D eigenvalue weighted by Crippen LogP contribution is 2.35. The van der Waals surface area contributed by atoms with E-state index in [2.05, 4.69) is 6.58 Å². The molecule has 0 heterocycles. The first-order chi connectivity index (χ1) is 11.9. The molecule has 0 amide bonds.